The fourth-order valence-corrected chi connectivity index (χ4v) is 4.02. The van der Waals surface area contributed by atoms with Crippen molar-refractivity contribution in [3.63, 3.8) is 0 Å². The van der Waals surface area contributed by atoms with Gasteiger partial charge in [-0.3, -0.25) is 4.79 Å². The van der Waals surface area contributed by atoms with E-state index in [4.69, 9.17) is 0 Å². The molecule has 0 fully saturated rings. The predicted molar refractivity (Wildman–Crippen MR) is 96.9 cm³/mol. The molecule has 0 unspecified atom stereocenters. The molecule has 0 saturated heterocycles. The number of halogens is 4. The van der Waals surface area contributed by atoms with E-state index in [-0.39, 0.29) is 10.6 Å². The molecular formula is C17H15BrF3NO4S. The molecule has 1 atom stereocenters. The van der Waals surface area contributed by atoms with Crippen molar-refractivity contribution in [2.24, 2.45) is 0 Å². The van der Waals surface area contributed by atoms with Crippen LogP contribution in [0.25, 0.3) is 0 Å². The van der Waals surface area contributed by atoms with Gasteiger partial charge in [0.25, 0.3) is 5.91 Å². The van der Waals surface area contributed by atoms with Crippen molar-refractivity contribution in [1.29, 1.82) is 0 Å². The second-order valence-electron chi connectivity index (χ2n) is 6.02. The summed E-state index contributed by atoms with van der Waals surface area (Å²) >= 11 is 3.17. The third-order valence-electron chi connectivity index (χ3n) is 3.60. The van der Waals surface area contributed by atoms with Crippen LogP contribution in [-0.4, -0.2) is 30.8 Å². The summed E-state index contributed by atoms with van der Waals surface area (Å²) in [7, 11) is -3.98. The molecule has 146 valence electrons. The summed E-state index contributed by atoms with van der Waals surface area (Å²) in [5, 5.41) is 12.5. The van der Waals surface area contributed by atoms with Crippen molar-refractivity contribution < 1.29 is 31.5 Å². The van der Waals surface area contributed by atoms with Gasteiger partial charge in [-0.05, 0) is 55.5 Å². The highest BCUT2D eigenvalue weighted by atomic mass is 79.9. The Balaban J connectivity index is 2.13. The van der Waals surface area contributed by atoms with Crippen LogP contribution in [0.1, 0.15) is 12.5 Å². The summed E-state index contributed by atoms with van der Waals surface area (Å²) in [6, 6.07) is 9.21. The summed E-state index contributed by atoms with van der Waals surface area (Å²) in [6.07, 6.45) is -4.52. The summed E-state index contributed by atoms with van der Waals surface area (Å²) in [5.41, 5.74) is -3.20. The smallest absolute Gasteiger partial charge is 0.379 e. The number of carbonyl (C=O) groups excluding carboxylic acids is 1. The van der Waals surface area contributed by atoms with Crippen molar-refractivity contribution in [2.75, 3.05) is 11.1 Å². The van der Waals surface area contributed by atoms with Crippen molar-refractivity contribution in [1.82, 2.24) is 0 Å². The minimum absolute atomic E-state index is 0.00526. The molecule has 5 nitrogen and oxygen atoms in total. The molecule has 2 rings (SSSR count). The third-order valence-corrected chi connectivity index (χ3v) is 6.06. The predicted octanol–water partition coefficient (Wildman–Crippen LogP) is 3.63. The van der Waals surface area contributed by atoms with Crippen molar-refractivity contribution in [3.8, 4) is 0 Å². The standard InChI is InChI=1S/C17H15BrF3NO4S/c1-16(24,10-27(25,26)14-8-4-12(18)5-9-14)15(23)22-13-6-2-11(3-7-13)17(19,20)21/h2-9,24H,10H2,1H3,(H,22,23)/t16-/m0/s1. The highest BCUT2D eigenvalue weighted by molar-refractivity contribution is 9.10. The van der Waals surface area contributed by atoms with E-state index < -0.39 is 38.8 Å². The van der Waals surface area contributed by atoms with E-state index in [2.05, 4.69) is 21.2 Å². The molecule has 10 heteroatoms. The SMILES string of the molecule is C[C@](O)(CS(=O)(=O)c1ccc(Br)cc1)C(=O)Nc1ccc(C(F)(F)F)cc1. The molecule has 0 radical (unpaired) electrons. The summed E-state index contributed by atoms with van der Waals surface area (Å²) < 4.78 is 63.1. The number of anilines is 1. The zero-order valence-corrected chi connectivity index (χ0v) is 16.3. The zero-order valence-electron chi connectivity index (χ0n) is 13.9. The van der Waals surface area contributed by atoms with Gasteiger partial charge in [0, 0.05) is 10.2 Å². The quantitative estimate of drug-likeness (QED) is 0.705. The van der Waals surface area contributed by atoms with Crippen molar-refractivity contribution in [3.05, 3.63) is 58.6 Å². The van der Waals surface area contributed by atoms with Crippen LogP contribution in [-0.2, 0) is 20.8 Å². The average Bonchev–Trinajstić information content (AvgIpc) is 2.54. The van der Waals surface area contributed by atoms with Crippen LogP contribution in [0.5, 0.6) is 0 Å². The maximum Gasteiger partial charge on any atom is 0.416 e. The van der Waals surface area contributed by atoms with Gasteiger partial charge in [0.05, 0.1) is 16.2 Å². The molecule has 0 aliphatic carbocycles. The highest BCUT2D eigenvalue weighted by Gasteiger charge is 2.37. The lowest BCUT2D eigenvalue weighted by atomic mass is 10.1. The number of rotatable bonds is 5. The molecule has 2 N–H and O–H groups in total. The van der Waals surface area contributed by atoms with Gasteiger partial charge in [0.2, 0.25) is 0 Å². The first-order chi connectivity index (χ1) is 12.3. The third kappa shape index (κ3) is 5.53. The molecule has 27 heavy (non-hydrogen) atoms. The highest BCUT2D eigenvalue weighted by Crippen LogP contribution is 2.30. The Bertz CT molecular complexity index is 924. The van der Waals surface area contributed by atoms with Crippen LogP contribution in [0.4, 0.5) is 18.9 Å². The Morgan fingerprint density at radius 2 is 1.59 bits per heavy atom. The van der Waals surface area contributed by atoms with Gasteiger partial charge >= 0.3 is 6.18 Å². The summed E-state index contributed by atoms with van der Waals surface area (Å²) in [5.74, 6) is -1.95. The zero-order chi connectivity index (χ0) is 20.5. The molecule has 0 aromatic heterocycles. The molecule has 0 aliphatic heterocycles. The van der Waals surface area contributed by atoms with Crippen LogP contribution < -0.4 is 5.32 Å². The Morgan fingerprint density at radius 1 is 1.07 bits per heavy atom. The van der Waals surface area contributed by atoms with Gasteiger partial charge in [-0.1, -0.05) is 15.9 Å². The first-order valence-corrected chi connectivity index (χ1v) is 9.95. The first-order valence-electron chi connectivity index (χ1n) is 7.51. The lowest BCUT2D eigenvalue weighted by Crippen LogP contribution is -2.45. The monoisotopic (exact) mass is 465 g/mol. The topological polar surface area (TPSA) is 83.5 Å². The molecular weight excluding hydrogens is 451 g/mol. The normalized spacial score (nSPS) is 14.4. The van der Waals surface area contributed by atoms with Crippen LogP contribution in [0.2, 0.25) is 0 Å². The number of hydrogen-bond acceptors (Lipinski definition) is 4. The van der Waals surface area contributed by atoms with E-state index in [1.165, 1.54) is 24.3 Å². The molecule has 0 heterocycles. The number of carbonyl (C=O) groups is 1. The summed E-state index contributed by atoms with van der Waals surface area (Å²) in [6.45, 7) is 1.02. The van der Waals surface area contributed by atoms with Gasteiger partial charge in [-0.15, -0.1) is 0 Å². The number of aliphatic hydroxyl groups is 1. The van der Waals surface area contributed by atoms with E-state index in [1.54, 1.807) is 0 Å². The largest absolute Gasteiger partial charge is 0.416 e. The van der Waals surface area contributed by atoms with Crippen molar-refractivity contribution >= 4 is 37.4 Å². The molecule has 2 aromatic rings. The molecule has 0 bridgehead atoms. The first kappa shape index (κ1) is 21.4. The average molecular weight is 466 g/mol. The minimum Gasteiger partial charge on any atom is -0.379 e. The van der Waals surface area contributed by atoms with E-state index >= 15 is 0 Å². The Hall–Kier alpha value is -1.91. The fourth-order valence-electron chi connectivity index (χ4n) is 2.17. The molecule has 0 spiro atoms. The van der Waals surface area contributed by atoms with Crippen LogP contribution in [0.3, 0.4) is 0 Å². The number of benzene rings is 2. The lowest BCUT2D eigenvalue weighted by Gasteiger charge is -2.22. The number of sulfone groups is 1. The molecule has 0 saturated carbocycles. The van der Waals surface area contributed by atoms with Gasteiger partial charge in [-0.25, -0.2) is 8.42 Å². The van der Waals surface area contributed by atoms with E-state index in [9.17, 15) is 31.5 Å². The lowest BCUT2D eigenvalue weighted by molar-refractivity contribution is -0.137. The van der Waals surface area contributed by atoms with E-state index in [1.807, 2.05) is 0 Å². The Kier molecular flexibility index (Phi) is 6.03. The van der Waals surface area contributed by atoms with Crippen molar-refractivity contribution in [2.45, 2.75) is 23.6 Å². The van der Waals surface area contributed by atoms with E-state index in [0.717, 1.165) is 31.2 Å². The van der Waals surface area contributed by atoms with Gasteiger partial charge in [0.1, 0.15) is 0 Å². The van der Waals surface area contributed by atoms with Gasteiger partial charge in [-0.2, -0.15) is 13.2 Å². The number of alkyl halides is 3. The van der Waals surface area contributed by atoms with Crippen LogP contribution in [0.15, 0.2) is 57.9 Å². The van der Waals surface area contributed by atoms with Gasteiger partial charge < -0.3 is 10.4 Å². The Labute approximate surface area is 162 Å². The molecule has 2 aromatic carbocycles. The molecule has 1 amide bonds. The maximum absolute atomic E-state index is 12.5. The number of nitrogens with one attached hydrogen (secondary N) is 1. The number of amides is 1. The minimum atomic E-state index is -4.52. The van der Waals surface area contributed by atoms with E-state index in [0.29, 0.717) is 4.47 Å². The fraction of sp³-hybridized carbons (Fsp3) is 0.235. The molecule has 0 aliphatic rings. The summed E-state index contributed by atoms with van der Waals surface area (Å²) in [4.78, 5) is 12.1. The second kappa shape index (κ2) is 7.61. The van der Waals surface area contributed by atoms with Crippen LogP contribution in [0, 0.1) is 0 Å². The number of hydrogen-bond donors (Lipinski definition) is 2. The van der Waals surface area contributed by atoms with Crippen LogP contribution >= 0.6 is 15.9 Å². The maximum atomic E-state index is 12.5. The second-order valence-corrected chi connectivity index (χ2v) is 8.92. The van der Waals surface area contributed by atoms with Gasteiger partial charge in [0.15, 0.2) is 15.4 Å². The Morgan fingerprint density at radius 3 is 2.07 bits per heavy atom.